The third-order valence-corrected chi connectivity index (χ3v) is 5.28. The maximum atomic E-state index is 11.9. The number of thiophene rings is 1. The number of hydrogen-bond donors (Lipinski definition) is 2. The smallest absolute Gasteiger partial charge is 0.244 e. The summed E-state index contributed by atoms with van der Waals surface area (Å²) in [6.07, 6.45) is 1.31. The molecule has 0 bridgehead atoms. The van der Waals surface area contributed by atoms with Gasteiger partial charge >= 0.3 is 0 Å². The van der Waals surface area contributed by atoms with E-state index in [1.807, 2.05) is 12.1 Å². The van der Waals surface area contributed by atoms with E-state index in [1.54, 1.807) is 6.92 Å². The fourth-order valence-electron chi connectivity index (χ4n) is 1.30. The number of aryl methyl sites for hydroxylation is 1. The van der Waals surface area contributed by atoms with Crippen LogP contribution in [-0.4, -0.2) is 18.6 Å². The molecule has 0 aromatic carbocycles. The summed E-state index contributed by atoms with van der Waals surface area (Å²) in [6.45, 7) is 1.95. The van der Waals surface area contributed by atoms with Gasteiger partial charge in [-0.05, 0) is 35.0 Å². The number of aromatic nitrogens is 2. The van der Waals surface area contributed by atoms with Crippen molar-refractivity contribution >= 4 is 37.3 Å². The molecule has 5 nitrogen and oxygen atoms in total. The molecule has 0 amide bonds. The van der Waals surface area contributed by atoms with Gasteiger partial charge in [-0.25, -0.2) is 13.1 Å². The SMILES string of the molecule is Cc1[nH]ncc1S(=O)(=O)NCc1ccc(Br)s1. The average molecular weight is 336 g/mol. The molecule has 2 aromatic heterocycles. The Kier molecular flexibility index (Phi) is 3.67. The van der Waals surface area contributed by atoms with Gasteiger partial charge in [0.25, 0.3) is 0 Å². The van der Waals surface area contributed by atoms with Gasteiger partial charge in [0.15, 0.2) is 0 Å². The van der Waals surface area contributed by atoms with Crippen LogP contribution in [0.25, 0.3) is 0 Å². The Labute approximate surface area is 111 Å². The molecule has 0 saturated carbocycles. The van der Waals surface area contributed by atoms with Crippen LogP contribution in [0.3, 0.4) is 0 Å². The highest BCUT2D eigenvalue weighted by molar-refractivity contribution is 9.11. The van der Waals surface area contributed by atoms with Crippen LogP contribution in [0.4, 0.5) is 0 Å². The first-order valence-electron chi connectivity index (χ1n) is 4.73. The lowest BCUT2D eigenvalue weighted by atomic mass is 10.5. The molecule has 0 radical (unpaired) electrons. The summed E-state index contributed by atoms with van der Waals surface area (Å²) in [7, 11) is -3.49. The van der Waals surface area contributed by atoms with E-state index in [9.17, 15) is 8.42 Å². The number of halogens is 1. The third kappa shape index (κ3) is 2.95. The first kappa shape index (κ1) is 12.7. The molecule has 8 heteroatoms. The van der Waals surface area contributed by atoms with E-state index in [-0.39, 0.29) is 11.4 Å². The summed E-state index contributed by atoms with van der Waals surface area (Å²) in [5.74, 6) is 0. The first-order valence-corrected chi connectivity index (χ1v) is 7.82. The second kappa shape index (κ2) is 4.89. The van der Waals surface area contributed by atoms with Gasteiger partial charge < -0.3 is 0 Å². The van der Waals surface area contributed by atoms with Gasteiger partial charge in [-0.2, -0.15) is 5.10 Å². The van der Waals surface area contributed by atoms with Crippen molar-refractivity contribution < 1.29 is 8.42 Å². The molecule has 2 N–H and O–H groups in total. The summed E-state index contributed by atoms with van der Waals surface area (Å²) in [5.41, 5.74) is 0.532. The second-order valence-corrected chi connectivity index (χ2v) is 7.67. The molecule has 0 fully saturated rings. The van der Waals surface area contributed by atoms with Crippen molar-refractivity contribution in [3.05, 3.63) is 32.7 Å². The zero-order chi connectivity index (χ0) is 12.5. The van der Waals surface area contributed by atoms with Gasteiger partial charge in [0, 0.05) is 11.4 Å². The van der Waals surface area contributed by atoms with Crippen LogP contribution in [0, 0.1) is 6.92 Å². The molecule has 2 rings (SSSR count). The van der Waals surface area contributed by atoms with Gasteiger partial charge in [0.1, 0.15) is 4.90 Å². The monoisotopic (exact) mass is 335 g/mol. The average Bonchev–Trinajstić information content (AvgIpc) is 2.85. The van der Waals surface area contributed by atoms with Crippen LogP contribution in [-0.2, 0) is 16.6 Å². The van der Waals surface area contributed by atoms with Crippen molar-refractivity contribution in [1.82, 2.24) is 14.9 Å². The number of H-pyrrole nitrogens is 1. The van der Waals surface area contributed by atoms with Crippen molar-refractivity contribution in [3.63, 3.8) is 0 Å². The van der Waals surface area contributed by atoms with E-state index in [0.717, 1.165) is 8.66 Å². The normalized spacial score (nSPS) is 11.9. The fraction of sp³-hybridized carbons (Fsp3) is 0.222. The second-order valence-electron chi connectivity index (χ2n) is 3.39. The molecule has 0 aliphatic heterocycles. The first-order chi connectivity index (χ1) is 7.99. The Bertz CT molecular complexity index is 618. The Hall–Kier alpha value is -0.700. The van der Waals surface area contributed by atoms with Gasteiger partial charge in [-0.15, -0.1) is 11.3 Å². The van der Waals surface area contributed by atoms with Crippen molar-refractivity contribution in [1.29, 1.82) is 0 Å². The van der Waals surface area contributed by atoms with Crippen LogP contribution < -0.4 is 4.72 Å². The highest BCUT2D eigenvalue weighted by Crippen LogP contribution is 2.22. The number of hydrogen-bond acceptors (Lipinski definition) is 4. The number of nitrogens with one attached hydrogen (secondary N) is 2. The van der Waals surface area contributed by atoms with E-state index >= 15 is 0 Å². The minimum Gasteiger partial charge on any atom is -0.281 e. The summed E-state index contributed by atoms with van der Waals surface area (Å²) in [6, 6.07) is 3.76. The Morgan fingerprint density at radius 2 is 2.29 bits per heavy atom. The van der Waals surface area contributed by atoms with Crippen LogP contribution in [0.5, 0.6) is 0 Å². The van der Waals surface area contributed by atoms with E-state index in [4.69, 9.17) is 0 Å². The topological polar surface area (TPSA) is 74.8 Å². The number of rotatable bonds is 4. The predicted octanol–water partition coefficient (Wildman–Crippen LogP) is 2.02. The van der Waals surface area contributed by atoms with Crippen LogP contribution in [0.15, 0.2) is 27.0 Å². The summed E-state index contributed by atoms with van der Waals surface area (Å²) in [5, 5.41) is 6.30. The molecule has 92 valence electrons. The van der Waals surface area contributed by atoms with Crippen molar-refractivity contribution in [2.45, 2.75) is 18.4 Å². The molecule has 2 heterocycles. The Morgan fingerprint density at radius 1 is 1.53 bits per heavy atom. The van der Waals surface area contributed by atoms with Crippen LogP contribution in [0.1, 0.15) is 10.6 Å². The molecule has 0 aliphatic carbocycles. The third-order valence-electron chi connectivity index (χ3n) is 2.14. The fourth-order valence-corrected chi connectivity index (χ4v) is 3.96. The molecule has 2 aromatic rings. The van der Waals surface area contributed by atoms with E-state index < -0.39 is 10.0 Å². The van der Waals surface area contributed by atoms with E-state index in [2.05, 4.69) is 30.8 Å². The standard InChI is InChI=1S/C9H10BrN3O2S2/c1-6-8(5-11-13-6)17(14,15)12-4-7-2-3-9(10)16-7/h2-3,5,12H,4H2,1H3,(H,11,13). The largest absolute Gasteiger partial charge is 0.281 e. The molecule has 0 saturated heterocycles. The highest BCUT2D eigenvalue weighted by atomic mass is 79.9. The van der Waals surface area contributed by atoms with Crippen LogP contribution >= 0.6 is 27.3 Å². The summed E-state index contributed by atoms with van der Waals surface area (Å²) >= 11 is 4.83. The van der Waals surface area contributed by atoms with Crippen molar-refractivity contribution in [3.8, 4) is 0 Å². The summed E-state index contributed by atoms with van der Waals surface area (Å²) < 4.78 is 27.3. The molecule has 17 heavy (non-hydrogen) atoms. The van der Waals surface area contributed by atoms with Crippen molar-refractivity contribution in [2.24, 2.45) is 0 Å². The highest BCUT2D eigenvalue weighted by Gasteiger charge is 2.18. The molecular formula is C9H10BrN3O2S2. The minimum absolute atomic E-state index is 0.188. The number of aromatic amines is 1. The minimum atomic E-state index is -3.49. The molecular weight excluding hydrogens is 326 g/mol. The van der Waals surface area contributed by atoms with Crippen LogP contribution in [0.2, 0.25) is 0 Å². The van der Waals surface area contributed by atoms with Gasteiger partial charge in [0.05, 0.1) is 15.7 Å². The Morgan fingerprint density at radius 3 is 2.82 bits per heavy atom. The maximum absolute atomic E-state index is 11.9. The molecule has 0 aliphatic rings. The quantitative estimate of drug-likeness (QED) is 0.897. The van der Waals surface area contributed by atoms with Gasteiger partial charge in [-0.1, -0.05) is 0 Å². The van der Waals surface area contributed by atoms with E-state index in [0.29, 0.717) is 5.69 Å². The molecule has 0 unspecified atom stereocenters. The Balaban J connectivity index is 2.11. The van der Waals surface area contributed by atoms with Gasteiger partial charge in [-0.3, -0.25) is 5.10 Å². The summed E-state index contributed by atoms with van der Waals surface area (Å²) in [4.78, 5) is 1.13. The number of sulfonamides is 1. The lowest BCUT2D eigenvalue weighted by molar-refractivity contribution is 0.581. The van der Waals surface area contributed by atoms with Crippen molar-refractivity contribution in [2.75, 3.05) is 0 Å². The maximum Gasteiger partial charge on any atom is 0.244 e. The van der Waals surface area contributed by atoms with E-state index in [1.165, 1.54) is 17.5 Å². The molecule has 0 atom stereocenters. The predicted molar refractivity (Wildman–Crippen MR) is 69.4 cm³/mol. The zero-order valence-electron chi connectivity index (χ0n) is 8.90. The van der Waals surface area contributed by atoms with Gasteiger partial charge in [0.2, 0.25) is 10.0 Å². The lowest BCUT2D eigenvalue weighted by Crippen LogP contribution is -2.23. The lowest BCUT2D eigenvalue weighted by Gasteiger charge is -2.03. The number of nitrogens with zero attached hydrogens (tertiary/aromatic N) is 1. The zero-order valence-corrected chi connectivity index (χ0v) is 12.1. The molecule has 0 spiro atoms.